The summed E-state index contributed by atoms with van der Waals surface area (Å²) in [4.78, 5) is 0. The fraction of sp³-hybridized carbons (Fsp3) is 0. The lowest BCUT2D eigenvalue weighted by Gasteiger charge is -1.48. The summed E-state index contributed by atoms with van der Waals surface area (Å²) in [6, 6.07) is 0. The van der Waals surface area contributed by atoms with E-state index in [0.717, 1.165) is 0 Å². The van der Waals surface area contributed by atoms with Gasteiger partial charge < -0.3 is 0 Å². The monoisotopic (exact) mass is 108 g/mol. The number of thiol groups is 1. The van der Waals surface area contributed by atoms with E-state index in [1.165, 1.54) is 0 Å². The van der Waals surface area contributed by atoms with Crippen LogP contribution in [0, 0.1) is 35.4 Å². The molecule has 0 radical (unpaired) electrons. The first-order valence-corrected chi connectivity index (χ1v) is 1.90. The van der Waals surface area contributed by atoms with Crippen molar-refractivity contribution in [1.29, 1.82) is 1.12 Å². The molecule has 0 unspecified atom stereocenters. The topological polar surface area (TPSA) is 0 Å². The average molecular weight is 108 g/mol. The van der Waals surface area contributed by atoms with Crippen molar-refractivity contribution in [3.8, 4) is 35.4 Å². The molecule has 0 spiro atoms. The predicted octanol–water partition coefficient (Wildman–Crippen LogP) is 0.514. The number of hydrogen-bond acceptors (Lipinski definition) is 1. The maximum Gasteiger partial charge on any atom is 0.117 e. The van der Waals surface area contributed by atoms with Gasteiger partial charge >= 0.3 is 0 Å². The van der Waals surface area contributed by atoms with E-state index in [1.54, 1.807) is 0 Å². The zero-order valence-corrected chi connectivity index (χ0v) is 4.30. The van der Waals surface area contributed by atoms with Crippen LogP contribution < -0.4 is 0 Å². The second kappa shape index (κ2) is 5.03. The van der Waals surface area contributed by atoms with Gasteiger partial charge in [-0.25, -0.2) is 0 Å². The van der Waals surface area contributed by atoms with Crippen molar-refractivity contribution in [2.75, 3.05) is 0 Å². The van der Waals surface area contributed by atoms with Crippen LogP contribution in [0.4, 0.5) is 0 Å². The smallest absolute Gasteiger partial charge is 0.106 e. The van der Waals surface area contributed by atoms with E-state index in [0.29, 0.717) is 12.5 Å². The Bertz CT molecular complexity index is 203. The maximum atomic E-state index is 6.46. The fourth-order valence-electron chi connectivity index (χ4n) is 0.0928. The number of terminal acetylenes is 1. The highest BCUT2D eigenvalue weighted by molar-refractivity contribution is 7.85. The molecule has 0 aliphatic heterocycles. The van der Waals surface area contributed by atoms with Gasteiger partial charge in [-0.1, -0.05) is 12.5 Å². The summed E-state index contributed by atoms with van der Waals surface area (Å²) in [5.74, 6) is 9.09. The van der Waals surface area contributed by atoms with Gasteiger partial charge in [-0.2, -0.15) is 0 Å². The molecule has 0 aromatic carbocycles. The summed E-state index contributed by atoms with van der Waals surface area (Å²) in [5, 5.41) is 2.35. The molecule has 0 rings (SSSR count). The van der Waals surface area contributed by atoms with E-state index in [1.807, 2.05) is 0 Å². The Kier molecular flexibility index (Phi) is 3.02. The van der Waals surface area contributed by atoms with Crippen LogP contribution in [0.15, 0.2) is 0 Å². The van der Waals surface area contributed by atoms with Crippen molar-refractivity contribution in [2.24, 2.45) is 0 Å². The van der Waals surface area contributed by atoms with Gasteiger partial charge in [0, 0.05) is 0 Å². The lowest BCUT2D eigenvalue weighted by molar-refractivity contribution is 2.46. The van der Waals surface area contributed by atoms with Crippen molar-refractivity contribution in [2.45, 2.75) is 0 Å². The van der Waals surface area contributed by atoms with E-state index in [2.05, 4.69) is 28.9 Å². The van der Waals surface area contributed by atoms with Crippen LogP contribution >= 0.6 is 12.5 Å². The van der Waals surface area contributed by atoms with Gasteiger partial charge in [0.1, 0.15) is 1.12 Å². The van der Waals surface area contributed by atoms with Gasteiger partial charge in [0.05, 0.1) is 0 Å². The Morgan fingerprint density at radius 1 is 1.43 bits per heavy atom. The third kappa shape index (κ3) is 5.03. The molecule has 0 saturated carbocycles. The second-order valence-corrected chi connectivity index (χ2v) is 0.826. The highest BCUT2D eigenvalue weighted by atomic mass is 32.1. The molecule has 0 heterocycles. The van der Waals surface area contributed by atoms with E-state index in [4.69, 9.17) is 7.55 Å². The maximum absolute atomic E-state index is 6.46. The molecule has 0 bridgehead atoms. The van der Waals surface area contributed by atoms with Crippen molar-refractivity contribution < 1.29 is 0 Å². The van der Waals surface area contributed by atoms with Crippen molar-refractivity contribution in [3.63, 3.8) is 0 Å². The van der Waals surface area contributed by atoms with Gasteiger partial charge in [-0.05, 0) is 28.9 Å². The van der Waals surface area contributed by atoms with E-state index in [9.17, 15) is 0 Å². The van der Waals surface area contributed by atoms with Crippen molar-refractivity contribution in [1.82, 2.24) is 0 Å². The Balaban J connectivity index is 3.61. The first-order valence-electron chi connectivity index (χ1n) is 1.90. The first kappa shape index (κ1) is 4.20. The molecule has 0 fully saturated rings. The van der Waals surface area contributed by atoms with E-state index < -0.39 is 0 Å². The van der Waals surface area contributed by atoms with Crippen LogP contribution in [-0.4, -0.2) is 1.12 Å². The van der Waals surface area contributed by atoms with Gasteiger partial charge in [0.15, 0.2) is 0 Å². The molecule has 0 aliphatic carbocycles. The third-order valence-electron chi connectivity index (χ3n) is 0.248. The zero-order valence-electron chi connectivity index (χ0n) is 4.49. The molecule has 0 amide bonds. The Hall–Kier alpha value is -0.970. The van der Waals surface area contributed by atoms with Crippen molar-refractivity contribution >= 4 is 12.5 Å². The molecule has 0 N–H and O–H groups in total. The van der Waals surface area contributed by atoms with Crippen LogP contribution in [-0.2, 0) is 0 Å². The molecule has 0 aliphatic rings. The fourth-order valence-corrected chi connectivity index (χ4v) is 0.144. The average Bonchev–Trinajstić information content (AvgIpc) is 1.81. The standard InChI is InChI=1S/C6H2S/c1-2-3-4-5-6-7/h1,7H/i/hT. The minimum atomic E-state index is 0.670. The zero-order chi connectivity index (χ0) is 6.24. The molecule has 32 valence electrons. The Morgan fingerprint density at radius 3 is 2.86 bits per heavy atom. The molecule has 7 heavy (non-hydrogen) atoms. The van der Waals surface area contributed by atoms with Gasteiger partial charge in [-0.3, -0.25) is 0 Å². The highest BCUT2D eigenvalue weighted by Gasteiger charge is 1.46. The molecule has 0 saturated heterocycles. The summed E-state index contributed by atoms with van der Waals surface area (Å²) in [6.07, 6.45) is 4.77. The largest absolute Gasteiger partial charge is 0.117 e. The number of hydrogen-bond donors (Lipinski definition) is 1. The Labute approximate surface area is 49.8 Å². The summed E-state index contributed by atoms with van der Waals surface area (Å²) >= 11 is 0.670. The SMILES string of the molecule is [3H]SC#CC#CC#C. The normalized spacial score (nSPS) is 5.29. The number of rotatable bonds is 0. The molecule has 0 aromatic heterocycles. The lowest BCUT2D eigenvalue weighted by Crippen LogP contribution is -1.44. The minimum Gasteiger partial charge on any atom is -0.106 e. The Morgan fingerprint density at radius 2 is 2.29 bits per heavy atom. The first-order chi connectivity index (χ1) is 3.91. The van der Waals surface area contributed by atoms with E-state index in [-0.39, 0.29) is 0 Å². The van der Waals surface area contributed by atoms with Crippen LogP contribution in [0.3, 0.4) is 0 Å². The van der Waals surface area contributed by atoms with Crippen LogP contribution in [0.25, 0.3) is 0 Å². The summed E-state index contributed by atoms with van der Waals surface area (Å²) in [5.41, 5.74) is 0. The second-order valence-electron chi connectivity index (χ2n) is 0.621. The van der Waals surface area contributed by atoms with Gasteiger partial charge in [-0.15, -0.1) is 6.42 Å². The molecular formula is C6H2S. The molecule has 1 heteroatoms. The summed E-state index contributed by atoms with van der Waals surface area (Å²) < 4.78 is 6.46. The van der Waals surface area contributed by atoms with Crippen molar-refractivity contribution in [3.05, 3.63) is 0 Å². The van der Waals surface area contributed by atoms with Crippen LogP contribution in [0.2, 0.25) is 0 Å². The van der Waals surface area contributed by atoms with Crippen LogP contribution in [0.1, 0.15) is 0 Å². The summed E-state index contributed by atoms with van der Waals surface area (Å²) in [7, 11) is 0. The molecule has 0 atom stereocenters. The van der Waals surface area contributed by atoms with Gasteiger partial charge in [0.25, 0.3) is 0 Å². The summed E-state index contributed by atoms with van der Waals surface area (Å²) in [6.45, 7) is 0. The molecule has 0 nitrogen and oxygen atoms in total. The van der Waals surface area contributed by atoms with E-state index >= 15 is 0 Å². The van der Waals surface area contributed by atoms with Crippen LogP contribution in [0.5, 0.6) is 0 Å². The third-order valence-corrected chi connectivity index (χ3v) is 0.350. The predicted molar refractivity (Wildman–Crippen MR) is 33.4 cm³/mol. The van der Waals surface area contributed by atoms with Gasteiger partial charge in [0.2, 0.25) is 0 Å². The molecular weight excluding hydrogens is 104 g/mol. The molecule has 0 aromatic rings. The minimum absolute atomic E-state index is 0.670. The lowest BCUT2D eigenvalue weighted by atomic mass is 10.6. The highest BCUT2D eigenvalue weighted by Crippen LogP contribution is 1.57. The quantitative estimate of drug-likeness (QED) is 0.339.